The van der Waals surface area contributed by atoms with E-state index in [4.69, 9.17) is 16.0 Å². The smallest absolute Gasteiger partial charge is 0.404 e. The second kappa shape index (κ2) is 6.31. The Kier molecular flexibility index (Phi) is 4.69. The van der Waals surface area contributed by atoms with E-state index in [9.17, 15) is 4.79 Å². The summed E-state index contributed by atoms with van der Waals surface area (Å²) in [7, 11) is 0. The van der Waals surface area contributed by atoms with Crippen LogP contribution in [0.2, 0.25) is 0 Å². The highest BCUT2D eigenvalue weighted by molar-refractivity contribution is 5.64. The summed E-state index contributed by atoms with van der Waals surface area (Å²) in [4.78, 5) is 13.2. The van der Waals surface area contributed by atoms with Crippen LogP contribution in [0.1, 0.15) is 5.56 Å². The van der Waals surface area contributed by atoms with E-state index >= 15 is 0 Å². The van der Waals surface area contributed by atoms with Crippen molar-refractivity contribution < 1.29 is 9.53 Å². The molecular formula is C10H12N4O2. The fourth-order valence-corrected chi connectivity index (χ4v) is 1.31. The van der Waals surface area contributed by atoms with Crippen LogP contribution in [0.4, 0.5) is 4.79 Å². The van der Waals surface area contributed by atoms with E-state index < -0.39 is 12.2 Å². The van der Waals surface area contributed by atoms with Gasteiger partial charge >= 0.3 is 6.09 Å². The Hall–Kier alpha value is -2.20. The molecule has 84 valence electrons. The monoisotopic (exact) mass is 220 g/mol. The number of carbonyl (C=O) groups is 1. The number of carbonyl (C=O) groups excluding carboxylic acids is 1. The van der Waals surface area contributed by atoms with E-state index in [1.807, 2.05) is 30.3 Å². The third-order valence-electron chi connectivity index (χ3n) is 1.94. The van der Waals surface area contributed by atoms with Gasteiger partial charge < -0.3 is 10.5 Å². The molecule has 0 saturated carbocycles. The molecule has 0 fully saturated rings. The molecule has 1 rings (SSSR count). The number of nitrogens with two attached hydrogens (primary N) is 1. The topological polar surface area (TPSA) is 101 Å². The molecule has 16 heavy (non-hydrogen) atoms. The van der Waals surface area contributed by atoms with Gasteiger partial charge in [-0.15, -0.1) is 0 Å². The van der Waals surface area contributed by atoms with Gasteiger partial charge in [0.05, 0.1) is 6.54 Å². The predicted molar refractivity (Wildman–Crippen MR) is 58.6 cm³/mol. The Balaban J connectivity index is 2.62. The Bertz CT molecular complexity index is 383. The molecule has 6 heteroatoms. The Morgan fingerprint density at radius 1 is 1.50 bits per heavy atom. The second-order valence-electron chi connectivity index (χ2n) is 3.16. The standard InChI is InChI=1S/C10H12N4O2/c11-10(15)16-9(7-13-14-12)6-8-4-2-1-3-5-8/h1-5,9H,6-7H2,(H2,11,15)/t9-/m0/s1. The second-order valence-corrected chi connectivity index (χ2v) is 3.16. The van der Waals surface area contributed by atoms with Crippen LogP contribution >= 0.6 is 0 Å². The minimum atomic E-state index is -0.867. The molecule has 2 N–H and O–H groups in total. The Labute approximate surface area is 92.6 Å². The molecule has 1 aromatic carbocycles. The molecule has 6 nitrogen and oxygen atoms in total. The average Bonchev–Trinajstić information content (AvgIpc) is 2.26. The summed E-state index contributed by atoms with van der Waals surface area (Å²) in [6.45, 7) is 0.0777. The van der Waals surface area contributed by atoms with Crippen LogP contribution in [-0.4, -0.2) is 18.7 Å². The highest BCUT2D eigenvalue weighted by Gasteiger charge is 2.12. The van der Waals surface area contributed by atoms with Crippen molar-refractivity contribution in [2.75, 3.05) is 6.54 Å². The Morgan fingerprint density at radius 2 is 2.19 bits per heavy atom. The summed E-state index contributed by atoms with van der Waals surface area (Å²) in [5.74, 6) is 0. The van der Waals surface area contributed by atoms with Gasteiger partial charge in [-0.3, -0.25) is 0 Å². The fourth-order valence-electron chi connectivity index (χ4n) is 1.31. The van der Waals surface area contributed by atoms with Crippen LogP contribution in [0.25, 0.3) is 10.4 Å². The third-order valence-corrected chi connectivity index (χ3v) is 1.94. The first-order valence-electron chi connectivity index (χ1n) is 4.73. The van der Waals surface area contributed by atoms with Crippen molar-refractivity contribution in [2.45, 2.75) is 12.5 Å². The van der Waals surface area contributed by atoms with Crippen molar-refractivity contribution in [3.63, 3.8) is 0 Å². The zero-order valence-electron chi connectivity index (χ0n) is 8.61. The van der Waals surface area contributed by atoms with Crippen LogP contribution in [0.5, 0.6) is 0 Å². The number of azide groups is 1. The van der Waals surface area contributed by atoms with Gasteiger partial charge in [-0.1, -0.05) is 35.4 Å². The van der Waals surface area contributed by atoms with Crippen LogP contribution < -0.4 is 5.73 Å². The molecule has 0 bridgehead atoms. The average molecular weight is 220 g/mol. The first-order valence-corrected chi connectivity index (χ1v) is 4.73. The largest absolute Gasteiger partial charge is 0.446 e. The summed E-state index contributed by atoms with van der Waals surface area (Å²) in [5, 5.41) is 3.37. The number of hydrogen-bond acceptors (Lipinski definition) is 3. The van der Waals surface area contributed by atoms with Crippen molar-refractivity contribution in [3.05, 3.63) is 46.3 Å². The van der Waals surface area contributed by atoms with Gasteiger partial charge in [0.2, 0.25) is 0 Å². The molecule has 0 aliphatic rings. The number of benzene rings is 1. The van der Waals surface area contributed by atoms with E-state index in [1.54, 1.807) is 0 Å². The van der Waals surface area contributed by atoms with E-state index in [0.29, 0.717) is 6.42 Å². The summed E-state index contributed by atoms with van der Waals surface area (Å²) in [6.07, 6.45) is -0.909. The molecule has 0 aromatic heterocycles. The van der Waals surface area contributed by atoms with Crippen molar-refractivity contribution in [1.82, 2.24) is 0 Å². The lowest BCUT2D eigenvalue weighted by Crippen LogP contribution is -2.26. The third kappa shape index (κ3) is 4.34. The summed E-state index contributed by atoms with van der Waals surface area (Å²) in [6, 6.07) is 9.44. The molecule has 0 spiro atoms. The molecule has 1 amide bonds. The quantitative estimate of drug-likeness (QED) is 0.466. The van der Waals surface area contributed by atoms with Crippen molar-refractivity contribution in [3.8, 4) is 0 Å². The van der Waals surface area contributed by atoms with Gasteiger partial charge in [0.25, 0.3) is 0 Å². The van der Waals surface area contributed by atoms with Crippen molar-refractivity contribution >= 4 is 6.09 Å². The van der Waals surface area contributed by atoms with Gasteiger partial charge in [0.1, 0.15) is 6.10 Å². The van der Waals surface area contributed by atoms with Gasteiger partial charge in [-0.05, 0) is 11.1 Å². The zero-order valence-corrected chi connectivity index (χ0v) is 8.61. The van der Waals surface area contributed by atoms with Crippen molar-refractivity contribution in [1.29, 1.82) is 0 Å². The molecule has 0 heterocycles. The number of hydrogen-bond donors (Lipinski definition) is 1. The molecule has 0 aliphatic heterocycles. The molecule has 0 aliphatic carbocycles. The first kappa shape index (κ1) is 11.9. The maximum absolute atomic E-state index is 10.6. The molecule has 0 unspecified atom stereocenters. The number of nitrogens with zero attached hydrogens (tertiary/aromatic N) is 3. The van der Waals surface area contributed by atoms with Crippen LogP contribution in [0, 0.1) is 0 Å². The first-order chi connectivity index (χ1) is 7.72. The van der Waals surface area contributed by atoms with Crippen LogP contribution in [0.15, 0.2) is 35.4 Å². The van der Waals surface area contributed by atoms with Crippen LogP contribution in [0.3, 0.4) is 0 Å². The predicted octanol–water partition coefficient (Wildman–Crippen LogP) is 2.00. The lowest BCUT2D eigenvalue weighted by Gasteiger charge is -2.13. The number of rotatable bonds is 5. The van der Waals surface area contributed by atoms with Gasteiger partial charge in [-0.25, -0.2) is 4.79 Å². The minimum Gasteiger partial charge on any atom is -0.446 e. The summed E-state index contributed by atoms with van der Waals surface area (Å²) in [5.41, 5.74) is 14.1. The fraction of sp³-hybridized carbons (Fsp3) is 0.300. The van der Waals surface area contributed by atoms with Gasteiger partial charge in [0, 0.05) is 11.3 Å². The minimum absolute atomic E-state index is 0.0777. The molecule has 1 aromatic rings. The van der Waals surface area contributed by atoms with Gasteiger partial charge in [-0.2, -0.15) is 0 Å². The van der Waals surface area contributed by atoms with Crippen LogP contribution in [-0.2, 0) is 11.2 Å². The highest BCUT2D eigenvalue weighted by atomic mass is 16.6. The molecule has 1 atom stereocenters. The van der Waals surface area contributed by atoms with E-state index in [0.717, 1.165) is 5.56 Å². The van der Waals surface area contributed by atoms with Gasteiger partial charge in [0.15, 0.2) is 0 Å². The van der Waals surface area contributed by atoms with E-state index in [2.05, 4.69) is 10.0 Å². The number of primary amides is 1. The maximum atomic E-state index is 10.6. The lowest BCUT2D eigenvalue weighted by atomic mass is 10.1. The maximum Gasteiger partial charge on any atom is 0.404 e. The molecule has 0 radical (unpaired) electrons. The van der Waals surface area contributed by atoms with E-state index in [1.165, 1.54) is 0 Å². The normalized spacial score (nSPS) is 11.2. The zero-order chi connectivity index (χ0) is 11.8. The SMILES string of the molecule is [N-]=[N+]=NC[C@H](Cc1ccccc1)OC(N)=O. The molecule has 0 saturated heterocycles. The molecular weight excluding hydrogens is 208 g/mol. The number of amides is 1. The summed E-state index contributed by atoms with van der Waals surface area (Å²) >= 11 is 0. The summed E-state index contributed by atoms with van der Waals surface area (Å²) < 4.78 is 4.83. The Morgan fingerprint density at radius 3 is 2.75 bits per heavy atom. The highest BCUT2D eigenvalue weighted by Crippen LogP contribution is 2.06. The van der Waals surface area contributed by atoms with Crippen molar-refractivity contribution in [2.24, 2.45) is 10.8 Å². The number of ether oxygens (including phenoxy) is 1. The van der Waals surface area contributed by atoms with E-state index in [-0.39, 0.29) is 6.54 Å². The lowest BCUT2D eigenvalue weighted by molar-refractivity contribution is 0.111.